The molecule has 110 valence electrons. The van der Waals surface area contributed by atoms with E-state index in [9.17, 15) is 0 Å². The molecule has 0 radical (unpaired) electrons. The van der Waals surface area contributed by atoms with Gasteiger partial charge in [-0.1, -0.05) is 74.0 Å². The van der Waals surface area contributed by atoms with Crippen LogP contribution in [0.1, 0.15) is 25.3 Å². The van der Waals surface area contributed by atoms with Crippen molar-refractivity contribution in [1.82, 2.24) is 10.2 Å². The van der Waals surface area contributed by atoms with Gasteiger partial charge in [-0.2, -0.15) is 0 Å². The number of unbranched alkanes of at least 4 members (excludes halogenated alkanes) is 1. The molecule has 0 spiro atoms. The summed E-state index contributed by atoms with van der Waals surface area (Å²) in [5.41, 5.74) is 5.50. The zero-order chi connectivity index (χ0) is 15.2. The average molecular weight is 288 g/mol. The fourth-order valence-electron chi connectivity index (χ4n) is 2.58. The second kappa shape index (κ2) is 6.99. The lowest BCUT2D eigenvalue weighted by Crippen LogP contribution is -1.98. The fraction of sp³-hybridized carbons (Fsp3) is 0.200. The normalized spacial score (nSPS) is 10.6. The molecule has 3 aromatic rings. The number of nitrogens with zero attached hydrogens (tertiary/aromatic N) is 2. The van der Waals surface area contributed by atoms with Gasteiger partial charge < -0.3 is 0 Å². The standard InChI is InChI=1S/C20H20N2/c1-2-3-10-18-15-19(16-11-6-4-7-12-16)21-22-20(18)17-13-8-5-9-14-17/h4-9,11-15H,2-3,10H2,1H3. The van der Waals surface area contributed by atoms with Gasteiger partial charge in [0.1, 0.15) is 0 Å². The molecule has 0 amide bonds. The number of aromatic nitrogens is 2. The second-order valence-corrected chi connectivity index (χ2v) is 5.44. The van der Waals surface area contributed by atoms with Crippen LogP contribution in [0, 0.1) is 0 Å². The van der Waals surface area contributed by atoms with Crippen LogP contribution >= 0.6 is 0 Å². The Morgan fingerprint density at radius 3 is 2.05 bits per heavy atom. The van der Waals surface area contributed by atoms with E-state index in [2.05, 4.69) is 47.5 Å². The Labute approximate surface area is 131 Å². The highest BCUT2D eigenvalue weighted by molar-refractivity contribution is 5.67. The molecule has 22 heavy (non-hydrogen) atoms. The first kappa shape index (κ1) is 14.5. The van der Waals surface area contributed by atoms with Crippen molar-refractivity contribution < 1.29 is 0 Å². The van der Waals surface area contributed by atoms with Gasteiger partial charge in [-0.15, -0.1) is 10.2 Å². The van der Waals surface area contributed by atoms with Gasteiger partial charge in [-0.3, -0.25) is 0 Å². The molecular weight excluding hydrogens is 268 g/mol. The molecule has 0 saturated carbocycles. The van der Waals surface area contributed by atoms with Crippen molar-refractivity contribution >= 4 is 0 Å². The van der Waals surface area contributed by atoms with Crippen molar-refractivity contribution in [2.45, 2.75) is 26.2 Å². The van der Waals surface area contributed by atoms with Crippen LogP contribution in [0.25, 0.3) is 22.5 Å². The molecule has 2 nitrogen and oxygen atoms in total. The van der Waals surface area contributed by atoms with Crippen molar-refractivity contribution in [2.75, 3.05) is 0 Å². The van der Waals surface area contributed by atoms with E-state index in [1.54, 1.807) is 0 Å². The maximum absolute atomic E-state index is 4.53. The van der Waals surface area contributed by atoms with Crippen LogP contribution in [0.15, 0.2) is 66.7 Å². The molecule has 0 aliphatic heterocycles. The summed E-state index contributed by atoms with van der Waals surface area (Å²) >= 11 is 0. The summed E-state index contributed by atoms with van der Waals surface area (Å²) in [7, 11) is 0. The van der Waals surface area contributed by atoms with E-state index in [0.717, 1.165) is 28.9 Å². The highest BCUT2D eigenvalue weighted by Gasteiger charge is 2.10. The van der Waals surface area contributed by atoms with Crippen LogP contribution in [-0.2, 0) is 6.42 Å². The lowest BCUT2D eigenvalue weighted by Gasteiger charge is -2.10. The summed E-state index contributed by atoms with van der Waals surface area (Å²) in [6.07, 6.45) is 3.38. The highest BCUT2D eigenvalue weighted by atomic mass is 15.1. The zero-order valence-electron chi connectivity index (χ0n) is 12.9. The molecule has 0 atom stereocenters. The van der Waals surface area contributed by atoms with E-state index in [1.165, 1.54) is 18.4 Å². The van der Waals surface area contributed by atoms with E-state index >= 15 is 0 Å². The van der Waals surface area contributed by atoms with Crippen LogP contribution < -0.4 is 0 Å². The summed E-state index contributed by atoms with van der Waals surface area (Å²) in [6, 6.07) is 22.8. The van der Waals surface area contributed by atoms with Gasteiger partial charge in [0.15, 0.2) is 0 Å². The van der Waals surface area contributed by atoms with Crippen LogP contribution in [0.5, 0.6) is 0 Å². The maximum Gasteiger partial charge on any atom is 0.0962 e. The topological polar surface area (TPSA) is 25.8 Å². The molecule has 0 bridgehead atoms. The number of hydrogen-bond acceptors (Lipinski definition) is 2. The molecule has 2 heteroatoms. The molecule has 0 unspecified atom stereocenters. The molecular formula is C20H20N2. The largest absolute Gasteiger partial charge is 0.150 e. The molecule has 0 aliphatic carbocycles. The second-order valence-electron chi connectivity index (χ2n) is 5.44. The number of hydrogen-bond donors (Lipinski definition) is 0. The zero-order valence-corrected chi connectivity index (χ0v) is 12.9. The van der Waals surface area contributed by atoms with Crippen molar-refractivity contribution in [2.24, 2.45) is 0 Å². The quantitative estimate of drug-likeness (QED) is 0.648. The summed E-state index contributed by atoms with van der Waals surface area (Å²) in [6.45, 7) is 2.22. The maximum atomic E-state index is 4.53. The van der Waals surface area contributed by atoms with Crippen LogP contribution in [-0.4, -0.2) is 10.2 Å². The van der Waals surface area contributed by atoms with E-state index in [0.29, 0.717) is 0 Å². The number of rotatable bonds is 5. The summed E-state index contributed by atoms with van der Waals surface area (Å²) in [5.74, 6) is 0. The summed E-state index contributed by atoms with van der Waals surface area (Å²) < 4.78 is 0. The third-order valence-corrected chi connectivity index (χ3v) is 3.79. The fourth-order valence-corrected chi connectivity index (χ4v) is 2.58. The molecule has 0 fully saturated rings. The minimum absolute atomic E-state index is 0.950. The monoisotopic (exact) mass is 288 g/mol. The SMILES string of the molecule is CCCCc1cc(-c2ccccc2)nnc1-c1ccccc1. The molecule has 1 heterocycles. The Kier molecular flexibility index (Phi) is 4.59. The summed E-state index contributed by atoms with van der Waals surface area (Å²) in [4.78, 5) is 0. The van der Waals surface area contributed by atoms with Gasteiger partial charge >= 0.3 is 0 Å². The Morgan fingerprint density at radius 1 is 0.773 bits per heavy atom. The first-order valence-electron chi connectivity index (χ1n) is 7.86. The van der Waals surface area contributed by atoms with E-state index < -0.39 is 0 Å². The van der Waals surface area contributed by atoms with Crippen molar-refractivity contribution in [1.29, 1.82) is 0 Å². The first-order valence-corrected chi connectivity index (χ1v) is 7.86. The number of benzene rings is 2. The molecule has 0 aliphatic rings. The minimum atomic E-state index is 0.950. The summed E-state index contributed by atoms with van der Waals surface area (Å²) in [5, 5.41) is 8.97. The van der Waals surface area contributed by atoms with Crippen LogP contribution in [0.2, 0.25) is 0 Å². The highest BCUT2D eigenvalue weighted by Crippen LogP contribution is 2.26. The van der Waals surface area contributed by atoms with Gasteiger partial charge in [0, 0.05) is 11.1 Å². The smallest absolute Gasteiger partial charge is 0.0962 e. The lowest BCUT2D eigenvalue weighted by molar-refractivity contribution is 0.789. The average Bonchev–Trinajstić information content (AvgIpc) is 2.61. The van der Waals surface area contributed by atoms with Gasteiger partial charge in [-0.05, 0) is 24.5 Å². The van der Waals surface area contributed by atoms with Crippen LogP contribution in [0.3, 0.4) is 0 Å². The van der Waals surface area contributed by atoms with Crippen molar-refractivity contribution in [3.8, 4) is 22.5 Å². The Bertz CT molecular complexity index is 721. The third-order valence-electron chi connectivity index (χ3n) is 3.79. The lowest BCUT2D eigenvalue weighted by atomic mass is 10.00. The Morgan fingerprint density at radius 2 is 1.41 bits per heavy atom. The predicted molar refractivity (Wildman–Crippen MR) is 91.5 cm³/mol. The molecule has 2 aromatic carbocycles. The van der Waals surface area contributed by atoms with Gasteiger partial charge in [0.05, 0.1) is 11.4 Å². The molecule has 0 saturated heterocycles. The van der Waals surface area contributed by atoms with E-state index in [1.807, 2.05) is 36.4 Å². The molecule has 3 rings (SSSR count). The molecule has 0 N–H and O–H groups in total. The minimum Gasteiger partial charge on any atom is -0.150 e. The first-order chi connectivity index (χ1) is 10.9. The van der Waals surface area contributed by atoms with Gasteiger partial charge in [-0.25, -0.2) is 0 Å². The Balaban J connectivity index is 2.04. The third kappa shape index (κ3) is 3.22. The van der Waals surface area contributed by atoms with E-state index in [-0.39, 0.29) is 0 Å². The van der Waals surface area contributed by atoms with E-state index in [4.69, 9.17) is 0 Å². The van der Waals surface area contributed by atoms with Crippen LogP contribution in [0.4, 0.5) is 0 Å². The van der Waals surface area contributed by atoms with Crippen molar-refractivity contribution in [3.05, 3.63) is 72.3 Å². The van der Waals surface area contributed by atoms with Crippen molar-refractivity contribution in [3.63, 3.8) is 0 Å². The number of aryl methyl sites for hydroxylation is 1. The van der Waals surface area contributed by atoms with Gasteiger partial charge in [0.2, 0.25) is 0 Å². The molecule has 1 aromatic heterocycles. The van der Waals surface area contributed by atoms with Gasteiger partial charge in [0.25, 0.3) is 0 Å². The Hall–Kier alpha value is -2.48. The predicted octanol–water partition coefficient (Wildman–Crippen LogP) is 5.15.